The standard InChI is InChI=1S/C21H25N5/c1-14-8-9-15(2)17(11-14)23-19-12-18(16-7-6-10-22-13-16)24-20(25-19)26-21(3,4)5/h6-13H,1-5H3,(H2,23,24,25,26). The van der Waals surface area contributed by atoms with Gasteiger partial charge >= 0.3 is 0 Å². The topological polar surface area (TPSA) is 62.7 Å². The fourth-order valence-corrected chi connectivity index (χ4v) is 2.57. The molecule has 0 saturated carbocycles. The number of aryl methyl sites for hydroxylation is 2. The summed E-state index contributed by atoms with van der Waals surface area (Å²) < 4.78 is 0. The molecule has 0 aliphatic rings. The maximum Gasteiger partial charge on any atom is 0.225 e. The van der Waals surface area contributed by atoms with E-state index in [2.05, 4.69) is 78.4 Å². The van der Waals surface area contributed by atoms with E-state index >= 15 is 0 Å². The average molecular weight is 347 g/mol. The fraction of sp³-hybridized carbons (Fsp3) is 0.286. The molecule has 3 aromatic rings. The molecule has 0 radical (unpaired) electrons. The summed E-state index contributed by atoms with van der Waals surface area (Å²) in [6, 6.07) is 12.2. The zero-order chi connectivity index (χ0) is 18.7. The van der Waals surface area contributed by atoms with Crippen molar-refractivity contribution in [1.29, 1.82) is 0 Å². The summed E-state index contributed by atoms with van der Waals surface area (Å²) in [6.45, 7) is 10.4. The molecule has 0 atom stereocenters. The van der Waals surface area contributed by atoms with Gasteiger partial charge in [-0.1, -0.05) is 12.1 Å². The van der Waals surface area contributed by atoms with Gasteiger partial charge in [-0.05, 0) is 63.9 Å². The third-order valence-corrected chi connectivity index (χ3v) is 3.83. The Kier molecular flexibility index (Phi) is 4.89. The lowest BCUT2D eigenvalue weighted by molar-refractivity contribution is 0.626. The SMILES string of the molecule is Cc1ccc(C)c(Nc2cc(-c3cccnc3)nc(NC(C)(C)C)n2)c1. The van der Waals surface area contributed by atoms with Gasteiger partial charge in [0.05, 0.1) is 5.69 Å². The van der Waals surface area contributed by atoms with E-state index in [9.17, 15) is 0 Å². The summed E-state index contributed by atoms with van der Waals surface area (Å²) in [7, 11) is 0. The molecule has 2 N–H and O–H groups in total. The van der Waals surface area contributed by atoms with Crippen LogP contribution in [0.5, 0.6) is 0 Å². The van der Waals surface area contributed by atoms with Gasteiger partial charge in [-0.15, -0.1) is 0 Å². The van der Waals surface area contributed by atoms with Crippen LogP contribution < -0.4 is 10.6 Å². The molecular weight excluding hydrogens is 322 g/mol. The van der Waals surface area contributed by atoms with Gasteiger partial charge in [-0.25, -0.2) is 4.98 Å². The smallest absolute Gasteiger partial charge is 0.225 e. The minimum absolute atomic E-state index is 0.135. The van der Waals surface area contributed by atoms with Crippen LogP contribution in [0.4, 0.5) is 17.5 Å². The Morgan fingerprint density at radius 2 is 1.77 bits per heavy atom. The molecule has 5 heteroatoms. The van der Waals surface area contributed by atoms with Crippen LogP contribution >= 0.6 is 0 Å². The van der Waals surface area contributed by atoms with E-state index in [1.807, 2.05) is 24.4 Å². The predicted octanol–water partition coefficient (Wildman–Crippen LogP) is 5.11. The van der Waals surface area contributed by atoms with Crippen molar-refractivity contribution >= 4 is 17.5 Å². The second-order valence-corrected chi connectivity index (χ2v) is 7.52. The molecule has 0 fully saturated rings. The Bertz CT molecular complexity index is 898. The van der Waals surface area contributed by atoms with Crippen molar-refractivity contribution in [2.45, 2.75) is 40.2 Å². The first-order valence-electron chi connectivity index (χ1n) is 8.72. The van der Waals surface area contributed by atoms with Crippen molar-refractivity contribution < 1.29 is 0 Å². The number of anilines is 3. The zero-order valence-corrected chi connectivity index (χ0v) is 16.0. The van der Waals surface area contributed by atoms with Crippen molar-refractivity contribution in [3.05, 3.63) is 59.9 Å². The Hall–Kier alpha value is -2.95. The number of benzene rings is 1. The second kappa shape index (κ2) is 7.12. The summed E-state index contributed by atoms with van der Waals surface area (Å²) in [6.07, 6.45) is 3.57. The molecule has 3 rings (SSSR count). The van der Waals surface area contributed by atoms with Crippen LogP contribution in [-0.4, -0.2) is 20.5 Å². The first-order valence-corrected chi connectivity index (χ1v) is 8.72. The Balaban J connectivity index is 2.03. The van der Waals surface area contributed by atoms with Gasteiger partial charge in [0, 0.05) is 35.2 Å². The third kappa shape index (κ3) is 4.57. The monoisotopic (exact) mass is 347 g/mol. The molecule has 0 amide bonds. The molecule has 134 valence electrons. The summed E-state index contributed by atoms with van der Waals surface area (Å²) in [5.41, 5.74) is 5.06. The summed E-state index contributed by atoms with van der Waals surface area (Å²) in [5, 5.41) is 6.80. The fourth-order valence-electron chi connectivity index (χ4n) is 2.57. The highest BCUT2D eigenvalue weighted by Gasteiger charge is 2.14. The minimum Gasteiger partial charge on any atom is -0.350 e. The molecular formula is C21H25N5. The zero-order valence-electron chi connectivity index (χ0n) is 16.0. The van der Waals surface area contributed by atoms with Gasteiger partial charge in [0.15, 0.2) is 0 Å². The van der Waals surface area contributed by atoms with Crippen molar-refractivity contribution in [1.82, 2.24) is 15.0 Å². The number of pyridine rings is 1. The van der Waals surface area contributed by atoms with Gasteiger partial charge in [-0.2, -0.15) is 4.98 Å². The quantitative estimate of drug-likeness (QED) is 0.687. The van der Waals surface area contributed by atoms with E-state index < -0.39 is 0 Å². The van der Waals surface area contributed by atoms with Crippen molar-refractivity contribution in [2.24, 2.45) is 0 Å². The van der Waals surface area contributed by atoms with Crippen LogP contribution in [0.15, 0.2) is 48.8 Å². The van der Waals surface area contributed by atoms with Gasteiger partial charge in [0.2, 0.25) is 5.95 Å². The van der Waals surface area contributed by atoms with Crippen LogP contribution in [0.1, 0.15) is 31.9 Å². The van der Waals surface area contributed by atoms with Crippen LogP contribution in [0, 0.1) is 13.8 Å². The molecule has 0 spiro atoms. The molecule has 0 saturated heterocycles. The van der Waals surface area contributed by atoms with Crippen LogP contribution in [0.3, 0.4) is 0 Å². The van der Waals surface area contributed by atoms with Crippen LogP contribution in [-0.2, 0) is 0 Å². The highest BCUT2D eigenvalue weighted by molar-refractivity contribution is 5.68. The minimum atomic E-state index is -0.135. The number of hydrogen-bond donors (Lipinski definition) is 2. The number of nitrogens with zero attached hydrogens (tertiary/aromatic N) is 3. The number of aromatic nitrogens is 3. The molecule has 1 aromatic carbocycles. The lowest BCUT2D eigenvalue weighted by Crippen LogP contribution is -2.27. The summed E-state index contributed by atoms with van der Waals surface area (Å²) >= 11 is 0. The van der Waals surface area contributed by atoms with E-state index in [0.29, 0.717) is 5.95 Å². The summed E-state index contributed by atoms with van der Waals surface area (Å²) in [4.78, 5) is 13.5. The lowest BCUT2D eigenvalue weighted by Gasteiger charge is -2.21. The Labute approximate surface area is 154 Å². The van der Waals surface area contributed by atoms with Gasteiger partial charge < -0.3 is 10.6 Å². The molecule has 0 aliphatic heterocycles. The normalized spacial score (nSPS) is 11.3. The van der Waals surface area contributed by atoms with Gasteiger partial charge in [0.25, 0.3) is 0 Å². The summed E-state index contributed by atoms with van der Waals surface area (Å²) in [5.74, 6) is 1.34. The maximum atomic E-state index is 4.67. The highest BCUT2D eigenvalue weighted by Crippen LogP contribution is 2.26. The lowest BCUT2D eigenvalue weighted by atomic mass is 10.1. The largest absolute Gasteiger partial charge is 0.350 e. The van der Waals surface area contributed by atoms with Gasteiger partial charge in [0.1, 0.15) is 5.82 Å². The predicted molar refractivity (Wildman–Crippen MR) is 108 cm³/mol. The number of rotatable bonds is 4. The first-order chi connectivity index (χ1) is 12.3. The first kappa shape index (κ1) is 17.9. The molecule has 0 bridgehead atoms. The van der Waals surface area contributed by atoms with E-state index in [0.717, 1.165) is 22.8 Å². The molecule has 2 heterocycles. The van der Waals surface area contributed by atoms with Crippen LogP contribution in [0.25, 0.3) is 11.3 Å². The van der Waals surface area contributed by atoms with Crippen molar-refractivity contribution in [2.75, 3.05) is 10.6 Å². The molecule has 5 nitrogen and oxygen atoms in total. The van der Waals surface area contributed by atoms with Gasteiger partial charge in [-0.3, -0.25) is 4.98 Å². The maximum absolute atomic E-state index is 4.67. The van der Waals surface area contributed by atoms with Crippen molar-refractivity contribution in [3.8, 4) is 11.3 Å². The van der Waals surface area contributed by atoms with E-state index in [-0.39, 0.29) is 5.54 Å². The van der Waals surface area contributed by atoms with E-state index in [4.69, 9.17) is 0 Å². The number of hydrogen-bond acceptors (Lipinski definition) is 5. The molecule has 0 aliphatic carbocycles. The van der Waals surface area contributed by atoms with Crippen molar-refractivity contribution in [3.63, 3.8) is 0 Å². The molecule has 26 heavy (non-hydrogen) atoms. The molecule has 2 aromatic heterocycles. The Morgan fingerprint density at radius 1 is 0.962 bits per heavy atom. The third-order valence-electron chi connectivity index (χ3n) is 3.83. The number of nitrogens with one attached hydrogen (secondary N) is 2. The second-order valence-electron chi connectivity index (χ2n) is 7.52. The Morgan fingerprint density at radius 3 is 2.46 bits per heavy atom. The molecule has 0 unspecified atom stereocenters. The average Bonchev–Trinajstić information content (AvgIpc) is 2.57. The highest BCUT2D eigenvalue weighted by atomic mass is 15.2. The van der Waals surface area contributed by atoms with Crippen LogP contribution in [0.2, 0.25) is 0 Å². The van der Waals surface area contributed by atoms with E-state index in [1.54, 1.807) is 6.20 Å². The van der Waals surface area contributed by atoms with E-state index in [1.165, 1.54) is 11.1 Å².